The minimum Gasteiger partial charge on any atom is -0.348 e. The number of hydrogen-bond acceptors (Lipinski definition) is 2. The van der Waals surface area contributed by atoms with Crippen molar-refractivity contribution in [3.05, 3.63) is 65.2 Å². The number of benzene rings is 1. The zero-order chi connectivity index (χ0) is 13.7. The second kappa shape index (κ2) is 6.29. The summed E-state index contributed by atoms with van der Waals surface area (Å²) in [5, 5.41) is 2.66. The van der Waals surface area contributed by atoms with Gasteiger partial charge in [0.15, 0.2) is 5.82 Å². The van der Waals surface area contributed by atoms with E-state index in [4.69, 9.17) is 11.6 Å². The average Bonchev–Trinajstić information content (AvgIpc) is 2.45. The lowest BCUT2D eigenvalue weighted by molar-refractivity contribution is 0.0946. The molecule has 0 saturated heterocycles. The Bertz CT molecular complexity index is 589. The zero-order valence-electron chi connectivity index (χ0n) is 10.1. The van der Waals surface area contributed by atoms with Gasteiger partial charge in [-0.15, -0.1) is 11.6 Å². The van der Waals surface area contributed by atoms with E-state index in [0.717, 1.165) is 17.3 Å². The van der Waals surface area contributed by atoms with Crippen LogP contribution in [0, 0.1) is 5.82 Å². The summed E-state index contributed by atoms with van der Waals surface area (Å²) >= 11 is 5.73. The second-order valence-electron chi connectivity index (χ2n) is 3.99. The molecule has 1 aromatic carbocycles. The summed E-state index contributed by atoms with van der Waals surface area (Å²) < 4.78 is 13.3. The highest BCUT2D eigenvalue weighted by Crippen LogP contribution is 2.09. The van der Waals surface area contributed by atoms with E-state index >= 15 is 0 Å². The van der Waals surface area contributed by atoms with Crippen molar-refractivity contribution in [1.29, 1.82) is 0 Å². The first-order chi connectivity index (χ1) is 9.20. The van der Waals surface area contributed by atoms with Gasteiger partial charge in [-0.3, -0.25) is 9.78 Å². The topological polar surface area (TPSA) is 42.0 Å². The molecule has 0 radical (unpaired) electrons. The third-order valence-electron chi connectivity index (χ3n) is 2.62. The van der Waals surface area contributed by atoms with Crippen LogP contribution >= 0.6 is 11.6 Å². The molecule has 1 aromatic heterocycles. The molecule has 98 valence electrons. The lowest BCUT2D eigenvalue weighted by atomic mass is 10.1. The van der Waals surface area contributed by atoms with Crippen LogP contribution < -0.4 is 5.32 Å². The molecule has 1 heterocycles. The van der Waals surface area contributed by atoms with E-state index in [1.165, 1.54) is 12.3 Å². The van der Waals surface area contributed by atoms with E-state index in [-0.39, 0.29) is 5.56 Å². The van der Waals surface area contributed by atoms with Crippen LogP contribution in [0.2, 0.25) is 0 Å². The van der Waals surface area contributed by atoms with Gasteiger partial charge in [-0.2, -0.15) is 0 Å². The molecule has 0 aliphatic heterocycles. The molecule has 0 aliphatic rings. The molecular weight excluding hydrogens is 267 g/mol. The smallest absolute Gasteiger partial charge is 0.254 e. The molecule has 19 heavy (non-hydrogen) atoms. The normalized spacial score (nSPS) is 10.2. The van der Waals surface area contributed by atoms with Gasteiger partial charge in [0.1, 0.15) is 0 Å². The largest absolute Gasteiger partial charge is 0.348 e. The number of nitrogens with one attached hydrogen (secondary N) is 1. The summed E-state index contributed by atoms with van der Waals surface area (Å²) in [5.41, 5.74) is 1.88. The fourth-order valence-corrected chi connectivity index (χ4v) is 1.83. The SMILES string of the molecule is O=C(NCc1cccc(CCl)c1)c1ccncc1F. The first-order valence-electron chi connectivity index (χ1n) is 5.72. The third kappa shape index (κ3) is 3.51. The lowest BCUT2D eigenvalue weighted by Gasteiger charge is -2.07. The van der Waals surface area contributed by atoms with Gasteiger partial charge in [0.25, 0.3) is 5.91 Å². The van der Waals surface area contributed by atoms with Crippen molar-refractivity contribution in [2.45, 2.75) is 12.4 Å². The van der Waals surface area contributed by atoms with E-state index in [0.29, 0.717) is 12.4 Å². The van der Waals surface area contributed by atoms with Gasteiger partial charge in [0.2, 0.25) is 0 Å². The minimum atomic E-state index is -0.630. The van der Waals surface area contributed by atoms with E-state index in [1.807, 2.05) is 24.3 Å². The van der Waals surface area contributed by atoms with Crippen LogP contribution in [0.3, 0.4) is 0 Å². The number of carbonyl (C=O) groups is 1. The highest BCUT2D eigenvalue weighted by atomic mass is 35.5. The van der Waals surface area contributed by atoms with E-state index in [1.54, 1.807) is 0 Å². The summed E-state index contributed by atoms with van der Waals surface area (Å²) in [5.74, 6) is -0.675. The Kier molecular flexibility index (Phi) is 4.47. The predicted molar refractivity (Wildman–Crippen MR) is 71.4 cm³/mol. The number of nitrogens with zero attached hydrogens (tertiary/aromatic N) is 1. The molecule has 0 spiro atoms. The quantitative estimate of drug-likeness (QED) is 0.874. The van der Waals surface area contributed by atoms with Crippen molar-refractivity contribution in [2.75, 3.05) is 0 Å². The summed E-state index contributed by atoms with van der Waals surface area (Å²) in [6.07, 6.45) is 2.40. The molecule has 5 heteroatoms. The first kappa shape index (κ1) is 13.5. The highest BCUT2D eigenvalue weighted by molar-refractivity contribution is 6.17. The van der Waals surface area contributed by atoms with Gasteiger partial charge in [-0.25, -0.2) is 4.39 Å². The third-order valence-corrected chi connectivity index (χ3v) is 2.92. The predicted octanol–water partition coefficient (Wildman–Crippen LogP) is 2.89. The summed E-state index contributed by atoms with van der Waals surface area (Å²) in [4.78, 5) is 15.4. The van der Waals surface area contributed by atoms with Gasteiger partial charge < -0.3 is 5.32 Å². The van der Waals surface area contributed by atoms with Crippen molar-refractivity contribution in [1.82, 2.24) is 10.3 Å². The van der Waals surface area contributed by atoms with Gasteiger partial charge in [-0.05, 0) is 17.2 Å². The number of hydrogen-bond donors (Lipinski definition) is 1. The van der Waals surface area contributed by atoms with Crippen molar-refractivity contribution in [3.8, 4) is 0 Å². The Morgan fingerprint density at radius 2 is 2.11 bits per heavy atom. The lowest BCUT2D eigenvalue weighted by Crippen LogP contribution is -2.23. The van der Waals surface area contributed by atoms with Crippen LogP contribution in [0.15, 0.2) is 42.7 Å². The van der Waals surface area contributed by atoms with Gasteiger partial charge in [-0.1, -0.05) is 24.3 Å². The van der Waals surface area contributed by atoms with Crippen molar-refractivity contribution < 1.29 is 9.18 Å². The molecule has 0 saturated carbocycles. The van der Waals surface area contributed by atoms with Crippen LogP contribution in [0.5, 0.6) is 0 Å². The Morgan fingerprint density at radius 3 is 2.84 bits per heavy atom. The maximum Gasteiger partial charge on any atom is 0.254 e. The number of alkyl halides is 1. The molecule has 3 nitrogen and oxygen atoms in total. The molecule has 2 rings (SSSR count). The molecule has 1 amide bonds. The van der Waals surface area contributed by atoms with Gasteiger partial charge in [0.05, 0.1) is 11.8 Å². The van der Waals surface area contributed by atoms with E-state index in [2.05, 4.69) is 10.3 Å². The number of aromatic nitrogens is 1. The van der Waals surface area contributed by atoms with E-state index < -0.39 is 11.7 Å². The Labute approximate surface area is 115 Å². The summed E-state index contributed by atoms with van der Waals surface area (Å²) in [6.45, 7) is 0.325. The Hall–Kier alpha value is -1.94. The van der Waals surface area contributed by atoms with Crippen molar-refractivity contribution >= 4 is 17.5 Å². The van der Waals surface area contributed by atoms with Crippen LogP contribution in [0.25, 0.3) is 0 Å². The number of halogens is 2. The van der Waals surface area contributed by atoms with Crippen molar-refractivity contribution in [2.24, 2.45) is 0 Å². The minimum absolute atomic E-state index is 0.0107. The summed E-state index contributed by atoms with van der Waals surface area (Å²) in [6, 6.07) is 8.89. The monoisotopic (exact) mass is 278 g/mol. The maximum absolute atomic E-state index is 13.3. The maximum atomic E-state index is 13.3. The molecule has 2 aromatic rings. The Balaban J connectivity index is 2.02. The fourth-order valence-electron chi connectivity index (χ4n) is 1.66. The summed E-state index contributed by atoms with van der Waals surface area (Å²) in [7, 11) is 0. The van der Waals surface area contributed by atoms with Gasteiger partial charge >= 0.3 is 0 Å². The van der Waals surface area contributed by atoms with Crippen LogP contribution in [-0.4, -0.2) is 10.9 Å². The standard InChI is InChI=1S/C14H12ClFN2O/c15-7-10-2-1-3-11(6-10)8-18-14(19)12-4-5-17-9-13(12)16/h1-6,9H,7-8H2,(H,18,19). The molecule has 0 fully saturated rings. The van der Waals surface area contributed by atoms with E-state index in [9.17, 15) is 9.18 Å². The number of amides is 1. The molecule has 0 atom stereocenters. The number of rotatable bonds is 4. The first-order valence-corrected chi connectivity index (χ1v) is 6.25. The van der Waals surface area contributed by atoms with Crippen molar-refractivity contribution in [3.63, 3.8) is 0 Å². The second-order valence-corrected chi connectivity index (χ2v) is 4.26. The van der Waals surface area contributed by atoms with Crippen LogP contribution in [0.4, 0.5) is 4.39 Å². The molecule has 0 bridgehead atoms. The molecular formula is C14H12ClFN2O. The zero-order valence-corrected chi connectivity index (χ0v) is 10.8. The molecule has 1 N–H and O–H groups in total. The van der Waals surface area contributed by atoms with Gasteiger partial charge in [0, 0.05) is 18.6 Å². The number of pyridine rings is 1. The molecule has 0 unspecified atom stereocenters. The molecule has 0 aliphatic carbocycles. The highest BCUT2D eigenvalue weighted by Gasteiger charge is 2.10. The number of carbonyl (C=O) groups excluding carboxylic acids is 1. The Morgan fingerprint density at radius 1 is 1.32 bits per heavy atom. The fraction of sp³-hybridized carbons (Fsp3) is 0.143. The van der Waals surface area contributed by atoms with Crippen LogP contribution in [0.1, 0.15) is 21.5 Å². The van der Waals surface area contributed by atoms with Crippen LogP contribution in [-0.2, 0) is 12.4 Å². The average molecular weight is 279 g/mol.